The molecule has 0 radical (unpaired) electrons. The summed E-state index contributed by atoms with van der Waals surface area (Å²) in [5.41, 5.74) is 0.110. The molecule has 192 valence electrons. The van der Waals surface area contributed by atoms with Gasteiger partial charge in [-0.05, 0) is 19.1 Å². The van der Waals surface area contributed by atoms with E-state index >= 15 is 0 Å². The van der Waals surface area contributed by atoms with Gasteiger partial charge in [0.05, 0.1) is 18.8 Å². The number of hydrogen-bond donors (Lipinski definition) is 8. The van der Waals surface area contributed by atoms with Crippen molar-refractivity contribution in [2.75, 3.05) is 19.8 Å². The van der Waals surface area contributed by atoms with Crippen LogP contribution in [0.3, 0.4) is 0 Å². The highest BCUT2D eigenvalue weighted by molar-refractivity contribution is 5.89. The topological polar surface area (TPSA) is 216 Å². The van der Waals surface area contributed by atoms with Crippen molar-refractivity contribution < 1.29 is 64.6 Å². The number of ether oxygens (including phenoxy) is 4. The van der Waals surface area contributed by atoms with Gasteiger partial charge in [0, 0.05) is 0 Å². The molecule has 2 unspecified atom stereocenters. The van der Waals surface area contributed by atoms with Crippen LogP contribution in [0.2, 0.25) is 0 Å². The lowest BCUT2D eigenvalue weighted by Gasteiger charge is -2.52. The summed E-state index contributed by atoms with van der Waals surface area (Å²) in [5.74, 6) is -6.06. The van der Waals surface area contributed by atoms with Crippen LogP contribution >= 0.6 is 0 Å². The maximum Gasteiger partial charge on any atom is 0.338 e. The number of carbonyl (C=O) groups excluding carboxylic acids is 1. The van der Waals surface area contributed by atoms with E-state index in [0.717, 1.165) is 0 Å². The average molecular weight is 490 g/mol. The number of aliphatic hydroxyl groups is 8. The first-order chi connectivity index (χ1) is 16.1. The second kappa shape index (κ2) is 10.5. The summed E-state index contributed by atoms with van der Waals surface area (Å²) in [7, 11) is 0. The van der Waals surface area contributed by atoms with Gasteiger partial charge in [-0.2, -0.15) is 0 Å². The van der Waals surface area contributed by atoms with Crippen LogP contribution in [0, 0.1) is 0 Å². The van der Waals surface area contributed by atoms with Gasteiger partial charge < -0.3 is 59.8 Å². The largest absolute Gasteiger partial charge is 0.453 e. The van der Waals surface area contributed by atoms with Gasteiger partial charge in [0.15, 0.2) is 6.10 Å². The molecule has 1 aromatic rings. The number of esters is 1. The van der Waals surface area contributed by atoms with Crippen LogP contribution in [-0.2, 0) is 18.9 Å². The summed E-state index contributed by atoms with van der Waals surface area (Å²) in [5, 5.41) is 81.4. The lowest BCUT2D eigenvalue weighted by Crippen LogP contribution is -2.73. The van der Waals surface area contributed by atoms with E-state index in [1.54, 1.807) is 18.2 Å². The quantitative estimate of drug-likeness (QED) is 0.164. The van der Waals surface area contributed by atoms with Gasteiger partial charge in [-0.1, -0.05) is 18.2 Å². The Kier molecular flexibility index (Phi) is 8.27. The van der Waals surface area contributed by atoms with E-state index in [2.05, 4.69) is 0 Å². The average Bonchev–Trinajstić information content (AvgIpc) is 3.09. The van der Waals surface area contributed by atoms with Crippen molar-refractivity contribution in [1.82, 2.24) is 0 Å². The minimum atomic E-state index is -2.63. The van der Waals surface area contributed by atoms with Crippen LogP contribution in [0.4, 0.5) is 0 Å². The Hall–Kier alpha value is -1.75. The fourth-order valence-corrected chi connectivity index (χ4v) is 4.08. The molecular weight excluding hydrogens is 460 g/mol. The van der Waals surface area contributed by atoms with Crippen LogP contribution in [-0.4, -0.2) is 127 Å². The third kappa shape index (κ3) is 4.57. The van der Waals surface area contributed by atoms with E-state index in [1.165, 1.54) is 19.1 Å². The van der Waals surface area contributed by atoms with Gasteiger partial charge >= 0.3 is 5.97 Å². The summed E-state index contributed by atoms with van der Waals surface area (Å²) in [4.78, 5) is 12.7. The minimum absolute atomic E-state index is 0.110. The first-order valence-corrected chi connectivity index (χ1v) is 10.6. The fourth-order valence-electron chi connectivity index (χ4n) is 4.08. The zero-order chi connectivity index (χ0) is 25.3. The molecule has 13 heteroatoms. The molecule has 0 saturated carbocycles. The molecule has 2 aliphatic rings. The van der Waals surface area contributed by atoms with E-state index in [4.69, 9.17) is 18.9 Å². The maximum atomic E-state index is 12.7. The Bertz CT molecular complexity index is 822. The van der Waals surface area contributed by atoms with Gasteiger partial charge in [-0.15, -0.1) is 0 Å². The summed E-state index contributed by atoms with van der Waals surface area (Å²) in [6.45, 7) is -1.58. The highest BCUT2D eigenvalue weighted by atomic mass is 16.8. The number of aliphatic hydroxyl groups excluding tert-OH is 8. The lowest BCUT2D eigenvalue weighted by molar-refractivity contribution is -0.449. The van der Waals surface area contributed by atoms with Crippen molar-refractivity contribution in [3.05, 3.63) is 35.9 Å². The zero-order valence-electron chi connectivity index (χ0n) is 18.2. The molecule has 2 saturated heterocycles. The van der Waals surface area contributed by atoms with E-state index in [9.17, 15) is 45.6 Å². The Labute approximate surface area is 194 Å². The standard InChI is InChI=1S/C21H30O13/c1-10(31-19(30)11-5-3-2-4-6-11)21(18(29)16(27)14(25)12(7-22)33-21)34-20(9-24)17(28)15(26)13(8-23)32-20/h2-6,10,12-18,22-29H,7-9H2,1H3/t10?,12-,13-,14-,15-,16+,17+,18-,20?,21+/m1/s1. The maximum absolute atomic E-state index is 12.7. The normalized spacial score (nSPS) is 41.3. The van der Waals surface area contributed by atoms with E-state index in [-0.39, 0.29) is 5.56 Å². The van der Waals surface area contributed by atoms with Crippen molar-refractivity contribution in [2.24, 2.45) is 0 Å². The Balaban J connectivity index is 2.02. The SMILES string of the molecule is CC(OC(=O)c1ccccc1)[C@@]1(OC2(CO)O[C@H](CO)[C@@H](O)[C@@H]2O)O[C@H](CO)[C@@H](O)[C@H](O)[C@H]1O. The van der Waals surface area contributed by atoms with Crippen LogP contribution in [0.15, 0.2) is 30.3 Å². The zero-order valence-corrected chi connectivity index (χ0v) is 18.2. The Morgan fingerprint density at radius 3 is 2.03 bits per heavy atom. The lowest BCUT2D eigenvalue weighted by atomic mass is 9.89. The molecule has 0 aliphatic carbocycles. The molecule has 0 spiro atoms. The molecule has 3 rings (SSSR count). The van der Waals surface area contributed by atoms with E-state index in [1.807, 2.05) is 0 Å². The number of rotatable bonds is 8. The molecule has 8 N–H and O–H groups in total. The molecule has 1 aromatic carbocycles. The highest BCUT2D eigenvalue weighted by Crippen LogP contribution is 2.43. The summed E-state index contributed by atoms with van der Waals surface area (Å²) in [6, 6.07) is 7.69. The third-order valence-corrected chi connectivity index (χ3v) is 6.08. The molecule has 0 bridgehead atoms. The number of hydrogen-bond acceptors (Lipinski definition) is 13. The minimum Gasteiger partial charge on any atom is -0.453 e. The van der Waals surface area contributed by atoms with E-state index < -0.39 is 86.2 Å². The fraction of sp³-hybridized carbons (Fsp3) is 0.667. The van der Waals surface area contributed by atoms with Crippen molar-refractivity contribution >= 4 is 5.97 Å². The van der Waals surface area contributed by atoms with Gasteiger partial charge in [-0.3, -0.25) is 0 Å². The molecule has 0 aromatic heterocycles. The Morgan fingerprint density at radius 2 is 1.50 bits per heavy atom. The van der Waals surface area contributed by atoms with Gasteiger partial charge in [-0.25, -0.2) is 4.79 Å². The molecular formula is C21H30O13. The molecule has 2 fully saturated rings. The molecule has 10 atom stereocenters. The van der Waals surface area contributed by atoms with Crippen molar-refractivity contribution in [1.29, 1.82) is 0 Å². The predicted octanol–water partition coefficient (Wildman–Crippen LogP) is -3.78. The molecule has 34 heavy (non-hydrogen) atoms. The van der Waals surface area contributed by atoms with Crippen molar-refractivity contribution in [2.45, 2.75) is 67.3 Å². The highest BCUT2D eigenvalue weighted by Gasteiger charge is 2.66. The van der Waals surface area contributed by atoms with Gasteiger partial charge in [0.25, 0.3) is 0 Å². The second-order valence-corrected chi connectivity index (χ2v) is 8.25. The predicted molar refractivity (Wildman–Crippen MR) is 109 cm³/mol. The summed E-state index contributed by atoms with van der Waals surface area (Å²) >= 11 is 0. The van der Waals surface area contributed by atoms with Crippen molar-refractivity contribution in [3.8, 4) is 0 Å². The number of carbonyl (C=O) groups is 1. The van der Waals surface area contributed by atoms with E-state index in [0.29, 0.717) is 0 Å². The smallest absolute Gasteiger partial charge is 0.338 e. The molecule has 2 heterocycles. The monoisotopic (exact) mass is 490 g/mol. The van der Waals surface area contributed by atoms with Crippen molar-refractivity contribution in [3.63, 3.8) is 0 Å². The third-order valence-electron chi connectivity index (χ3n) is 6.08. The van der Waals surface area contributed by atoms with Crippen LogP contribution in [0.25, 0.3) is 0 Å². The number of benzene rings is 1. The molecule has 2 aliphatic heterocycles. The molecule has 0 amide bonds. The van der Waals surface area contributed by atoms with Crippen LogP contribution < -0.4 is 0 Å². The van der Waals surface area contributed by atoms with Crippen LogP contribution in [0.1, 0.15) is 17.3 Å². The van der Waals surface area contributed by atoms with Gasteiger partial charge in [0.1, 0.15) is 49.3 Å². The summed E-state index contributed by atoms with van der Waals surface area (Å²) in [6.07, 6.45) is -14.3. The first kappa shape index (κ1) is 26.8. The first-order valence-electron chi connectivity index (χ1n) is 10.6. The molecule has 13 nitrogen and oxygen atoms in total. The Morgan fingerprint density at radius 1 is 0.912 bits per heavy atom. The van der Waals surface area contributed by atoms with Gasteiger partial charge in [0.2, 0.25) is 11.6 Å². The van der Waals surface area contributed by atoms with Crippen LogP contribution in [0.5, 0.6) is 0 Å². The summed E-state index contributed by atoms with van der Waals surface area (Å²) < 4.78 is 22.1. The second-order valence-electron chi connectivity index (χ2n) is 8.25.